The molecule has 1 aromatic carbocycles. The van der Waals surface area contributed by atoms with Crippen LogP contribution in [0.25, 0.3) is 6.08 Å². The number of carbonyl (C=O) groups is 1. The summed E-state index contributed by atoms with van der Waals surface area (Å²) >= 11 is 8.63. The van der Waals surface area contributed by atoms with Gasteiger partial charge < -0.3 is 19.2 Å². The predicted octanol–water partition coefficient (Wildman–Crippen LogP) is 3.72. The van der Waals surface area contributed by atoms with Gasteiger partial charge in [0.05, 0.1) is 0 Å². The van der Waals surface area contributed by atoms with Gasteiger partial charge in [0.1, 0.15) is 29.6 Å². The fourth-order valence-corrected chi connectivity index (χ4v) is 3.21. The first-order chi connectivity index (χ1) is 13.1. The van der Waals surface area contributed by atoms with Gasteiger partial charge in [0.2, 0.25) is 0 Å². The van der Waals surface area contributed by atoms with E-state index < -0.39 is 0 Å². The Hall–Kier alpha value is -2.16. The average Bonchev–Trinajstić information content (AvgIpc) is 3.20. The summed E-state index contributed by atoms with van der Waals surface area (Å²) in [5.74, 6) is 1.79. The Morgan fingerprint density at radius 3 is 2.96 bits per heavy atom. The third-order valence-corrected chi connectivity index (χ3v) is 4.65. The number of benzene rings is 1. The van der Waals surface area contributed by atoms with Crippen LogP contribution in [0.2, 0.25) is 0 Å². The molecule has 1 aromatic heterocycles. The van der Waals surface area contributed by atoms with E-state index in [1.165, 1.54) is 4.90 Å². The number of nitrogens with one attached hydrogen (secondary N) is 1. The Morgan fingerprint density at radius 1 is 1.33 bits per heavy atom. The number of halogens is 1. The first-order valence-corrected chi connectivity index (χ1v) is 9.57. The molecule has 0 aliphatic carbocycles. The van der Waals surface area contributed by atoms with E-state index in [1.54, 1.807) is 19.3 Å². The molecule has 1 aliphatic rings. The smallest absolute Gasteiger partial charge is 0.276 e. The van der Waals surface area contributed by atoms with Crippen LogP contribution in [0.15, 0.2) is 51.0 Å². The topological polar surface area (TPSA) is 63.9 Å². The Kier molecular flexibility index (Phi) is 6.65. The molecule has 8 heteroatoms. The van der Waals surface area contributed by atoms with E-state index in [-0.39, 0.29) is 5.91 Å². The van der Waals surface area contributed by atoms with Crippen LogP contribution in [-0.2, 0) is 16.1 Å². The zero-order valence-corrected chi connectivity index (χ0v) is 17.1. The van der Waals surface area contributed by atoms with Crippen LogP contribution < -0.4 is 10.1 Å². The van der Waals surface area contributed by atoms with Gasteiger partial charge in [-0.15, -0.1) is 0 Å². The van der Waals surface area contributed by atoms with Crippen LogP contribution in [0.3, 0.4) is 0 Å². The molecule has 1 fully saturated rings. The molecule has 0 atom stereocenters. The lowest BCUT2D eigenvalue weighted by molar-refractivity contribution is -0.122. The van der Waals surface area contributed by atoms with Crippen molar-refractivity contribution < 1.29 is 18.7 Å². The summed E-state index contributed by atoms with van der Waals surface area (Å²) in [6, 6.07) is 11.2. The molecule has 0 radical (unpaired) electrons. The third kappa shape index (κ3) is 5.18. The second-order valence-electron chi connectivity index (χ2n) is 5.84. The monoisotopic (exact) mass is 450 g/mol. The van der Waals surface area contributed by atoms with Crippen molar-refractivity contribution in [3.8, 4) is 5.75 Å². The SMILES string of the molecule is COCCCN1C(=O)/C(=C\c2ccc(COc3cccc(Br)c3)o2)NC1=S. The van der Waals surface area contributed by atoms with Crippen molar-refractivity contribution in [3.63, 3.8) is 0 Å². The van der Waals surface area contributed by atoms with E-state index in [0.717, 1.165) is 16.6 Å². The summed E-state index contributed by atoms with van der Waals surface area (Å²) in [5, 5.41) is 3.33. The number of rotatable bonds is 8. The zero-order chi connectivity index (χ0) is 19.2. The van der Waals surface area contributed by atoms with Crippen LogP contribution >= 0.6 is 28.1 Å². The molecule has 1 N–H and O–H groups in total. The number of hydrogen-bond acceptors (Lipinski definition) is 5. The molecule has 0 bridgehead atoms. The average molecular weight is 451 g/mol. The van der Waals surface area contributed by atoms with Crippen molar-refractivity contribution in [2.24, 2.45) is 0 Å². The zero-order valence-electron chi connectivity index (χ0n) is 14.7. The quantitative estimate of drug-likeness (QED) is 0.375. The number of furan rings is 1. The van der Waals surface area contributed by atoms with Gasteiger partial charge in [-0.3, -0.25) is 9.69 Å². The lowest BCUT2D eigenvalue weighted by Gasteiger charge is -2.12. The van der Waals surface area contributed by atoms with Gasteiger partial charge in [0.15, 0.2) is 5.11 Å². The van der Waals surface area contributed by atoms with E-state index in [4.69, 9.17) is 26.1 Å². The lowest BCUT2D eigenvalue weighted by Crippen LogP contribution is -2.32. The second kappa shape index (κ2) is 9.16. The van der Waals surface area contributed by atoms with Crippen LogP contribution in [0.1, 0.15) is 17.9 Å². The van der Waals surface area contributed by atoms with Crippen molar-refractivity contribution in [3.05, 3.63) is 58.1 Å². The van der Waals surface area contributed by atoms with Crippen LogP contribution in [-0.4, -0.2) is 36.2 Å². The predicted molar refractivity (Wildman–Crippen MR) is 109 cm³/mol. The van der Waals surface area contributed by atoms with Crippen molar-refractivity contribution in [1.29, 1.82) is 0 Å². The summed E-state index contributed by atoms with van der Waals surface area (Å²) in [4.78, 5) is 14.0. The molecule has 27 heavy (non-hydrogen) atoms. The van der Waals surface area contributed by atoms with Crippen molar-refractivity contribution in [2.75, 3.05) is 20.3 Å². The number of amides is 1. The third-order valence-electron chi connectivity index (χ3n) is 3.84. The lowest BCUT2D eigenvalue weighted by atomic mass is 10.3. The molecule has 0 unspecified atom stereocenters. The standard InChI is InChI=1S/C19H19BrN2O4S/c1-24-9-3-8-22-18(23)17(21-19(22)27)11-15-6-7-16(26-15)12-25-14-5-2-4-13(20)10-14/h2,4-7,10-11H,3,8-9,12H2,1H3,(H,21,27)/b17-11+. The van der Waals surface area contributed by atoms with Gasteiger partial charge >= 0.3 is 0 Å². The van der Waals surface area contributed by atoms with Gasteiger partial charge in [-0.1, -0.05) is 22.0 Å². The summed E-state index contributed by atoms with van der Waals surface area (Å²) < 4.78 is 17.4. The molecule has 6 nitrogen and oxygen atoms in total. The van der Waals surface area contributed by atoms with Gasteiger partial charge in [0, 0.05) is 30.8 Å². The highest BCUT2D eigenvalue weighted by Crippen LogP contribution is 2.21. The van der Waals surface area contributed by atoms with Gasteiger partial charge in [-0.25, -0.2) is 0 Å². The largest absolute Gasteiger partial charge is 0.486 e. The Labute approximate surface area is 171 Å². The summed E-state index contributed by atoms with van der Waals surface area (Å²) in [5.41, 5.74) is 0.395. The number of hydrogen-bond donors (Lipinski definition) is 1. The van der Waals surface area contributed by atoms with Crippen LogP contribution in [0.4, 0.5) is 0 Å². The molecular weight excluding hydrogens is 432 g/mol. The van der Waals surface area contributed by atoms with Crippen molar-refractivity contribution >= 4 is 45.2 Å². The first kappa shape index (κ1) is 19.6. The Balaban J connectivity index is 1.61. The fraction of sp³-hybridized carbons (Fsp3) is 0.263. The first-order valence-electron chi connectivity index (χ1n) is 8.37. The molecular formula is C19H19BrN2O4S. The highest BCUT2D eigenvalue weighted by molar-refractivity contribution is 9.10. The maximum Gasteiger partial charge on any atom is 0.276 e. The molecule has 1 saturated heterocycles. The molecule has 2 aromatic rings. The van der Waals surface area contributed by atoms with Gasteiger partial charge in [-0.05, 0) is 49.0 Å². The molecule has 0 spiro atoms. The number of ether oxygens (including phenoxy) is 2. The van der Waals surface area contributed by atoms with E-state index in [1.807, 2.05) is 30.3 Å². The molecule has 1 amide bonds. The number of carbonyl (C=O) groups excluding carboxylic acids is 1. The normalized spacial score (nSPS) is 15.5. The highest BCUT2D eigenvalue weighted by Gasteiger charge is 2.30. The Morgan fingerprint density at radius 2 is 2.19 bits per heavy atom. The maximum atomic E-state index is 12.5. The highest BCUT2D eigenvalue weighted by atomic mass is 79.9. The van der Waals surface area contributed by atoms with Crippen LogP contribution in [0.5, 0.6) is 5.75 Å². The minimum absolute atomic E-state index is 0.167. The molecule has 2 heterocycles. The van der Waals surface area contributed by atoms with Gasteiger partial charge in [0.25, 0.3) is 5.91 Å². The minimum atomic E-state index is -0.167. The summed E-state index contributed by atoms with van der Waals surface area (Å²) in [6.45, 7) is 1.38. The van der Waals surface area contributed by atoms with Crippen molar-refractivity contribution in [1.82, 2.24) is 10.2 Å². The molecule has 1 aliphatic heterocycles. The van der Waals surface area contributed by atoms with E-state index in [9.17, 15) is 4.79 Å². The maximum absolute atomic E-state index is 12.5. The number of methoxy groups -OCH3 is 1. The molecule has 0 saturated carbocycles. The van der Waals surface area contributed by atoms with E-state index in [2.05, 4.69) is 21.2 Å². The van der Waals surface area contributed by atoms with Crippen molar-refractivity contribution in [2.45, 2.75) is 13.0 Å². The summed E-state index contributed by atoms with van der Waals surface area (Å²) in [6.07, 6.45) is 2.36. The Bertz CT molecular complexity index is 865. The molecule has 3 rings (SSSR count). The second-order valence-corrected chi connectivity index (χ2v) is 7.14. The van der Waals surface area contributed by atoms with E-state index in [0.29, 0.717) is 42.1 Å². The molecule has 142 valence electrons. The van der Waals surface area contributed by atoms with Gasteiger partial charge in [-0.2, -0.15) is 0 Å². The van der Waals surface area contributed by atoms with Crippen LogP contribution in [0, 0.1) is 0 Å². The van der Waals surface area contributed by atoms with E-state index >= 15 is 0 Å². The number of thiocarbonyl (C=S) groups is 1. The minimum Gasteiger partial charge on any atom is -0.486 e. The number of nitrogens with zero attached hydrogens (tertiary/aromatic N) is 1. The summed E-state index contributed by atoms with van der Waals surface area (Å²) in [7, 11) is 1.63. The fourth-order valence-electron chi connectivity index (χ4n) is 2.54.